The van der Waals surface area contributed by atoms with Gasteiger partial charge >= 0.3 is 5.97 Å². The predicted octanol–water partition coefficient (Wildman–Crippen LogP) is 3.38. The van der Waals surface area contributed by atoms with Crippen LogP contribution in [0.25, 0.3) is 16.8 Å². The molecule has 2 heterocycles. The summed E-state index contributed by atoms with van der Waals surface area (Å²) in [6.07, 6.45) is 1.83. The van der Waals surface area contributed by atoms with Crippen LogP contribution in [0.1, 0.15) is 22.8 Å². The van der Waals surface area contributed by atoms with Crippen LogP contribution in [0.5, 0.6) is 0 Å². The lowest BCUT2D eigenvalue weighted by atomic mass is 10.1. The van der Waals surface area contributed by atoms with Crippen molar-refractivity contribution in [1.82, 2.24) is 4.40 Å². The Hall–Kier alpha value is -2.66. The van der Waals surface area contributed by atoms with E-state index in [9.17, 15) is 9.18 Å². The molecule has 0 unspecified atom stereocenters. The lowest BCUT2D eigenvalue weighted by Crippen LogP contribution is -2.05. The molecule has 0 aliphatic carbocycles. The summed E-state index contributed by atoms with van der Waals surface area (Å²) in [7, 11) is 0. The molecule has 0 spiro atoms. The predicted molar refractivity (Wildman–Crippen MR) is 86.6 cm³/mol. The van der Waals surface area contributed by atoms with E-state index in [0.717, 1.165) is 11.1 Å². The maximum absolute atomic E-state index is 13.6. The van der Waals surface area contributed by atoms with Crippen molar-refractivity contribution in [2.75, 3.05) is 6.61 Å². The Labute approximate surface area is 133 Å². The van der Waals surface area contributed by atoms with E-state index in [1.807, 2.05) is 22.7 Å². The third kappa shape index (κ3) is 2.83. The summed E-state index contributed by atoms with van der Waals surface area (Å²) in [6.45, 7) is 2.44. The van der Waals surface area contributed by atoms with Gasteiger partial charge in [0, 0.05) is 23.8 Å². The molecular formula is C18H17FN2O2. The van der Waals surface area contributed by atoms with E-state index in [-0.39, 0.29) is 12.4 Å². The number of esters is 1. The molecule has 2 N–H and O–H groups in total. The van der Waals surface area contributed by atoms with Gasteiger partial charge in [0.05, 0.1) is 17.9 Å². The van der Waals surface area contributed by atoms with E-state index in [1.165, 1.54) is 12.1 Å². The maximum atomic E-state index is 13.6. The van der Waals surface area contributed by atoms with Gasteiger partial charge in [0.2, 0.25) is 0 Å². The first-order valence-electron chi connectivity index (χ1n) is 7.41. The summed E-state index contributed by atoms with van der Waals surface area (Å²) in [5.74, 6) is -0.782. The van der Waals surface area contributed by atoms with E-state index < -0.39 is 5.97 Å². The van der Waals surface area contributed by atoms with Crippen molar-refractivity contribution in [3.63, 3.8) is 0 Å². The minimum atomic E-state index is -0.426. The average Bonchev–Trinajstić information content (AvgIpc) is 2.93. The monoisotopic (exact) mass is 312 g/mol. The number of hydrogen-bond acceptors (Lipinski definition) is 3. The molecule has 23 heavy (non-hydrogen) atoms. The maximum Gasteiger partial charge on any atom is 0.340 e. The number of hydrogen-bond donors (Lipinski definition) is 1. The highest BCUT2D eigenvalue weighted by atomic mass is 19.1. The van der Waals surface area contributed by atoms with E-state index in [4.69, 9.17) is 10.5 Å². The lowest BCUT2D eigenvalue weighted by molar-refractivity contribution is 0.0527. The van der Waals surface area contributed by atoms with Crippen molar-refractivity contribution >= 4 is 11.5 Å². The largest absolute Gasteiger partial charge is 0.462 e. The van der Waals surface area contributed by atoms with Gasteiger partial charge in [-0.25, -0.2) is 9.18 Å². The molecule has 4 nitrogen and oxygen atoms in total. The molecule has 5 heteroatoms. The number of rotatable bonds is 4. The zero-order valence-electron chi connectivity index (χ0n) is 12.8. The lowest BCUT2D eigenvalue weighted by Gasteiger charge is -2.08. The minimum Gasteiger partial charge on any atom is -0.462 e. The summed E-state index contributed by atoms with van der Waals surface area (Å²) < 4.78 is 20.6. The molecule has 0 fully saturated rings. The summed E-state index contributed by atoms with van der Waals surface area (Å²) in [5.41, 5.74) is 9.08. The highest BCUT2D eigenvalue weighted by Crippen LogP contribution is 2.29. The fourth-order valence-corrected chi connectivity index (χ4v) is 2.65. The van der Waals surface area contributed by atoms with Crippen LogP contribution in [0.3, 0.4) is 0 Å². The Morgan fingerprint density at radius 1 is 1.26 bits per heavy atom. The van der Waals surface area contributed by atoms with Crippen LogP contribution < -0.4 is 5.73 Å². The number of pyridine rings is 1. The van der Waals surface area contributed by atoms with Crippen molar-refractivity contribution in [2.24, 2.45) is 5.73 Å². The first kappa shape index (κ1) is 15.2. The van der Waals surface area contributed by atoms with Crippen LogP contribution in [-0.2, 0) is 11.3 Å². The third-order valence-electron chi connectivity index (χ3n) is 3.67. The number of carbonyl (C=O) groups excluding carboxylic acids is 1. The molecule has 3 aromatic rings. The number of carbonyl (C=O) groups is 1. The molecule has 1 aromatic carbocycles. The van der Waals surface area contributed by atoms with Crippen molar-refractivity contribution < 1.29 is 13.9 Å². The Morgan fingerprint density at radius 3 is 2.78 bits per heavy atom. The van der Waals surface area contributed by atoms with Gasteiger partial charge in [0.1, 0.15) is 5.82 Å². The van der Waals surface area contributed by atoms with Crippen molar-refractivity contribution in [3.8, 4) is 11.3 Å². The number of benzene rings is 1. The van der Waals surface area contributed by atoms with Crippen LogP contribution in [0.2, 0.25) is 0 Å². The van der Waals surface area contributed by atoms with Crippen molar-refractivity contribution in [1.29, 1.82) is 0 Å². The van der Waals surface area contributed by atoms with E-state index in [0.29, 0.717) is 23.4 Å². The SMILES string of the molecule is CCOC(=O)c1cc2cc(CN)ccn2c1-c1cccc(F)c1. The normalized spacial score (nSPS) is 10.9. The van der Waals surface area contributed by atoms with Gasteiger partial charge in [-0.05, 0) is 42.8 Å². The summed E-state index contributed by atoms with van der Waals surface area (Å²) >= 11 is 0. The topological polar surface area (TPSA) is 56.7 Å². The zero-order chi connectivity index (χ0) is 16.4. The van der Waals surface area contributed by atoms with Crippen LogP contribution in [-0.4, -0.2) is 17.0 Å². The van der Waals surface area contributed by atoms with Gasteiger partial charge in [-0.3, -0.25) is 0 Å². The molecular weight excluding hydrogens is 295 g/mol. The van der Waals surface area contributed by atoms with E-state index in [1.54, 1.807) is 25.1 Å². The number of nitrogens with zero attached hydrogens (tertiary/aromatic N) is 1. The van der Waals surface area contributed by atoms with E-state index in [2.05, 4.69) is 0 Å². The molecule has 0 saturated heterocycles. The third-order valence-corrected chi connectivity index (χ3v) is 3.67. The Kier molecular flexibility index (Phi) is 4.12. The van der Waals surface area contributed by atoms with Gasteiger partial charge in [0.25, 0.3) is 0 Å². The second-order valence-electron chi connectivity index (χ2n) is 5.17. The van der Waals surface area contributed by atoms with Gasteiger partial charge in [-0.15, -0.1) is 0 Å². The van der Waals surface area contributed by atoms with Gasteiger partial charge < -0.3 is 14.9 Å². The highest BCUT2D eigenvalue weighted by Gasteiger charge is 2.19. The van der Waals surface area contributed by atoms with Crippen molar-refractivity contribution in [3.05, 3.63) is 65.6 Å². The molecule has 0 radical (unpaired) electrons. The second-order valence-corrected chi connectivity index (χ2v) is 5.17. The molecule has 0 saturated carbocycles. The van der Waals surface area contributed by atoms with Crippen molar-refractivity contribution in [2.45, 2.75) is 13.5 Å². The Bertz CT molecular complexity index is 871. The molecule has 2 aromatic heterocycles. The number of fused-ring (bicyclic) bond motifs is 1. The molecule has 0 aliphatic heterocycles. The molecule has 0 aliphatic rings. The first-order valence-corrected chi connectivity index (χ1v) is 7.41. The van der Waals surface area contributed by atoms with Crippen LogP contribution >= 0.6 is 0 Å². The molecule has 0 amide bonds. The summed E-state index contributed by atoms with van der Waals surface area (Å²) in [4.78, 5) is 12.3. The van der Waals surface area contributed by atoms with Crippen LogP contribution in [0, 0.1) is 5.82 Å². The fraction of sp³-hybridized carbons (Fsp3) is 0.167. The number of nitrogens with two attached hydrogens (primary N) is 1. The van der Waals surface area contributed by atoms with Crippen LogP contribution in [0.15, 0.2) is 48.7 Å². The average molecular weight is 312 g/mol. The molecule has 118 valence electrons. The molecule has 3 rings (SSSR count). The number of aromatic nitrogens is 1. The first-order chi connectivity index (χ1) is 11.1. The number of ether oxygens (including phenoxy) is 1. The highest BCUT2D eigenvalue weighted by molar-refractivity contribution is 5.99. The Morgan fingerprint density at radius 2 is 2.09 bits per heavy atom. The van der Waals surface area contributed by atoms with Gasteiger partial charge in [-0.1, -0.05) is 12.1 Å². The fourth-order valence-electron chi connectivity index (χ4n) is 2.65. The van der Waals surface area contributed by atoms with Gasteiger partial charge in [0.15, 0.2) is 0 Å². The zero-order valence-corrected chi connectivity index (χ0v) is 12.8. The summed E-state index contributed by atoms with van der Waals surface area (Å²) in [5, 5.41) is 0. The smallest absolute Gasteiger partial charge is 0.340 e. The molecule has 0 bridgehead atoms. The summed E-state index contributed by atoms with van der Waals surface area (Å²) in [6, 6.07) is 11.7. The second kappa shape index (κ2) is 6.22. The van der Waals surface area contributed by atoms with Crippen LogP contribution in [0.4, 0.5) is 4.39 Å². The quantitative estimate of drug-likeness (QED) is 0.751. The number of halogens is 1. The standard InChI is InChI=1S/C18H17FN2O2/c1-2-23-18(22)16-10-15-8-12(11-20)6-7-21(15)17(16)13-4-3-5-14(19)9-13/h3-10H,2,11,20H2,1H3. The van der Waals surface area contributed by atoms with Gasteiger partial charge in [-0.2, -0.15) is 0 Å². The molecule has 0 atom stereocenters. The minimum absolute atomic E-state index is 0.279. The van der Waals surface area contributed by atoms with E-state index >= 15 is 0 Å². The Balaban J connectivity index is 2.27.